The average Bonchev–Trinajstić information content (AvgIpc) is 2.89. The number of sulfonamides is 1. The van der Waals surface area contributed by atoms with Gasteiger partial charge < -0.3 is 10.2 Å². The molecule has 1 unspecified atom stereocenters. The molecule has 1 saturated heterocycles. The van der Waals surface area contributed by atoms with Crippen molar-refractivity contribution in [3.8, 4) is 0 Å². The fourth-order valence-electron chi connectivity index (χ4n) is 2.91. The Kier molecular flexibility index (Phi) is 3.62. The summed E-state index contributed by atoms with van der Waals surface area (Å²) in [5.41, 5.74) is 2.18. The van der Waals surface area contributed by atoms with Crippen LogP contribution in [0.3, 0.4) is 0 Å². The molecule has 1 atom stereocenters. The van der Waals surface area contributed by atoms with Crippen LogP contribution in [0, 0.1) is 0 Å². The number of nitrogens with one attached hydrogen (secondary N) is 1. The second-order valence-corrected chi connectivity index (χ2v) is 7.53. The fraction of sp³-hybridized carbons (Fsp3) is 0.500. The first-order valence-electron chi connectivity index (χ1n) is 7.03. The minimum absolute atomic E-state index is 0.0550. The van der Waals surface area contributed by atoms with Gasteiger partial charge in [-0.1, -0.05) is 18.2 Å². The Balaban J connectivity index is 1.61. The second-order valence-electron chi connectivity index (χ2n) is 5.55. The summed E-state index contributed by atoms with van der Waals surface area (Å²) in [4.78, 5) is 14.3. The summed E-state index contributed by atoms with van der Waals surface area (Å²) in [6, 6.07) is 7.69. The third-order valence-corrected chi connectivity index (χ3v) is 5.39. The average molecular weight is 309 g/mol. The first-order chi connectivity index (χ1) is 9.95. The van der Waals surface area contributed by atoms with Crippen molar-refractivity contribution in [2.24, 2.45) is 0 Å². The predicted molar refractivity (Wildman–Crippen MR) is 80.6 cm³/mol. The van der Waals surface area contributed by atoms with Gasteiger partial charge in [0, 0.05) is 38.3 Å². The zero-order valence-corrected chi connectivity index (χ0v) is 12.8. The van der Waals surface area contributed by atoms with Crippen LogP contribution >= 0.6 is 0 Å². The lowest BCUT2D eigenvalue weighted by Gasteiger charge is -2.34. The molecule has 0 aliphatic carbocycles. The number of carbonyl (C=O) groups excluding carboxylic acids is 1. The topological polar surface area (TPSA) is 69.7 Å². The maximum Gasteiger partial charge on any atom is 0.245 e. The highest BCUT2D eigenvalue weighted by molar-refractivity contribution is 7.88. The van der Waals surface area contributed by atoms with Crippen molar-refractivity contribution < 1.29 is 13.2 Å². The molecule has 0 aromatic heterocycles. The smallest absolute Gasteiger partial charge is 0.245 e. The number of anilines is 1. The van der Waals surface area contributed by atoms with E-state index in [2.05, 4.69) is 5.32 Å². The van der Waals surface area contributed by atoms with Crippen LogP contribution in [0.4, 0.5) is 5.69 Å². The van der Waals surface area contributed by atoms with Crippen LogP contribution < -0.4 is 5.32 Å². The molecule has 2 aliphatic heterocycles. The van der Waals surface area contributed by atoms with Gasteiger partial charge in [-0.25, -0.2) is 8.42 Å². The minimum atomic E-state index is -3.16. The van der Waals surface area contributed by atoms with E-state index < -0.39 is 10.0 Å². The van der Waals surface area contributed by atoms with Crippen LogP contribution in [0.5, 0.6) is 0 Å². The van der Waals surface area contributed by atoms with Gasteiger partial charge in [-0.15, -0.1) is 0 Å². The highest BCUT2D eigenvalue weighted by Gasteiger charge is 2.33. The van der Waals surface area contributed by atoms with Gasteiger partial charge in [0.25, 0.3) is 0 Å². The maximum atomic E-state index is 12.5. The normalized spacial score (nSPS) is 22.7. The number of carbonyl (C=O) groups is 1. The van der Waals surface area contributed by atoms with Crippen LogP contribution in [0.1, 0.15) is 5.56 Å². The van der Waals surface area contributed by atoms with Gasteiger partial charge in [0.2, 0.25) is 15.9 Å². The summed E-state index contributed by atoms with van der Waals surface area (Å²) in [6.45, 7) is 1.68. The number of fused-ring (bicyclic) bond motifs is 1. The Hall–Kier alpha value is -1.60. The Bertz CT molecular complexity index is 626. The Morgan fingerprint density at radius 3 is 2.48 bits per heavy atom. The third-order valence-electron chi connectivity index (χ3n) is 4.09. The summed E-state index contributed by atoms with van der Waals surface area (Å²) in [7, 11) is -3.16. The standard InChI is InChI=1S/C14H19N3O3S/c1-21(19,20)17-8-6-16(7-9-17)14(18)13-10-11-4-2-3-5-12(11)15-13/h2-5,13,15H,6-10H2,1H3. The van der Waals surface area contributed by atoms with Gasteiger partial charge in [-0.2, -0.15) is 4.31 Å². The lowest BCUT2D eigenvalue weighted by Crippen LogP contribution is -2.53. The molecule has 114 valence electrons. The van der Waals surface area contributed by atoms with E-state index in [0.717, 1.165) is 11.3 Å². The predicted octanol–water partition coefficient (Wildman–Crippen LogP) is 0.127. The molecule has 1 amide bonds. The molecule has 1 aromatic carbocycles. The van der Waals surface area contributed by atoms with Crippen LogP contribution in [0.2, 0.25) is 0 Å². The van der Waals surface area contributed by atoms with E-state index in [0.29, 0.717) is 32.6 Å². The zero-order valence-electron chi connectivity index (χ0n) is 11.9. The molecule has 0 spiro atoms. The quantitative estimate of drug-likeness (QED) is 0.843. The summed E-state index contributed by atoms with van der Waals surface area (Å²) in [5.74, 6) is 0.0550. The van der Waals surface area contributed by atoms with Crippen molar-refractivity contribution in [2.45, 2.75) is 12.5 Å². The summed E-state index contributed by atoms with van der Waals surface area (Å²) < 4.78 is 24.4. The van der Waals surface area contributed by atoms with Crippen LogP contribution in [-0.4, -0.2) is 62.0 Å². The molecule has 0 saturated carbocycles. The van der Waals surface area contributed by atoms with Gasteiger partial charge in [0.1, 0.15) is 6.04 Å². The molecule has 2 aliphatic rings. The van der Waals surface area contributed by atoms with Crippen molar-refractivity contribution in [2.75, 3.05) is 37.8 Å². The maximum absolute atomic E-state index is 12.5. The highest BCUT2D eigenvalue weighted by Crippen LogP contribution is 2.26. The molecule has 7 heteroatoms. The van der Waals surface area contributed by atoms with Crippen molar-refractivity contribution >= 4 is 21.6 Å². The van der Waals surface area contributed by atoms with E-state index in [1.54, 1.807) is 4.90 Å². The van der Waals surface area contributed by atoms with E-state index in [-0.39, 0.29) is 11.9 Å². The number of nitrogens with zero attached hydrogens (tertiary/aromatic N) is 2. The van der Waals surface area contributed by atoms with E-state index in [1.165, 1.54) is 10.6 Å². The van der Waals surface area contributed by atoms with Crippen LogP contribution in [0.15, 0.2) is 24.3 Å². The van der Waals surface area contributed by atoms with Crippen LogP contribution in [0.25, 0.3) is 0 Å². The number of benzene rings is 1. The van der Waals surface area contributed by atoms with E-state index in [4.69, 9.17) is 0 Å². The number of piperazine rings is 1. The lowest BCUT2D eigenvalue weighted by molar-refractivity contribution is -0.133. The Morgan fingerprint density at radius 2 is 1.86 bits per heavy atom. The molecule has 6 nitrogen and oxygen atoms in total. The molecule has 1 aromatic rings. The molecule has 0 radical (unpaired) electrons. The van der Waals surface area contributed by atoms with Crippen molar-refractivity contribution in [3.63, 3.8) is 0 Å². The number of hydrogen-bond donors (Lipinski definition) is 1. The van der Waals surface area contributed by atoms with E-state index in [1.807, 2.05) is 24.3 Å². The lowest BCUT2D eigenvalue weighted by atomic mass is 10.1. The summed E-state index contributed by atoms with van der Waals surface area (Å²) in [6.07, 6.45) is 1.90. The van der Waals surface area contributed by atoms with Gasteiger partial charge in [0.15, 0.2) is 0 Å². The third kappa shape index (κ3) is 2.89. The molecule has 1 fully saturated rings. The molecule has 21 heavy (non-hydrogen) atoms. The van der Waals surface area contributed by atoms with E-state index in [9.17, 15) is 13.2 Å². The van der Waals surface area contributed by atoms with E-state index >= 15 is 0 Å². The monoisotopic (exact) mass is 309 g/mol. The Morgan fingerprint density at radius 1 is 1.19 bits per heavy atom. The minimum Gasteiger partial charge on any atom is -0.373 e. The fourth-order valence-corrected chi connectivity index (χ4v) is 3.73. The number of para-hydroxylation sites is 1. The first kappa shape index (κ1) is 14.3. The highest BCUT2D eigenvalue weighted by atomic mass is 32.2. The number of rotatable bonds is 2. The van der Waals surface area contributed by atoms with Crippen molar-refractivity contribution in [3.05, 3.63) is 29.8 Å². The molecule has 0 bridgehead atoms. The molecular weight excluding hydrogens is 290 g/mol. The van der Waals surface area contributed by atoms with Gasteiger partial charge >= 0.3 is 0 Å². The van der Waals surface area contributed by atoms with Crippen molar-refractivity contribution in [1.29, 1.82) is 0 Å². The van der Waals surface area contributed by atoms with Gasteiger partial charge in [-0.3, -0.25) is 4.79 Å². The molecule has 2 heterocycles. The molecular formula is C14H19N3O3S. The SMILES string of the molecule is CS(=O)(=O)N1CCN(C(=O)C2Cc3ccccc3N2)CC1. The second kappa shape index (κ2) is 5.31. The van der Waals surface area contributed by atoms with Gasteiger partial charge in [-0.05, 0) is 11.6 Å². The Labute approximate surface area is 124 Å². The summed E-state index contributed by atoms with van der Waals surface area (Å²) >= 11 is 0. The number of hydrogen-bond acceptors (Lipinski definition) is 4. The van der Waals surface area contributed by atoms with Gasteiger partial charge in [0.05, 0.1) is 6.26 Å². The van der Waals surface area contributed by atoms with Crippen LogP contribution in [-0.2, 0) is 21.2 Å². The zero-order chi connectivity index (χ0) is 15.0. The summed E-state index contributed by atoms with van der Waals surface area (Å²) in [5, 5.41) is 3.25. The number of amides is 1. The first-order valence-corrected chi connectivity index (χ1v) is 8.88. The molecule has 1 N–H and O–H groups in total. The molecule has 3 rings (SSSR count). The van der Waals surface area contributed by atoms with Crippen molar-refractivity contribution in [1.82, 2.24) is 9.21 Å². The largest absolute Gasteiger partial charge is 0.373 e.